The van der Waals surface area contributed by atoms with Crippen LogP contribution in [-0.2, 0) is 16.6 Å². The van der Waals surface area contributed by atoms with Crippen molar-refractivity contribution in [3.05, 3.63) is 53.1 Å². The van der Waals surface area contributed by atoms with E-state index in [-0.39, 0.29) is 22.6 Å². The number of carboxylic acid groups (broad SMARTS) is 1. The molecule has 0 bridgehead atoms. The summed E-state index contributed by atoms with van der Waals surface area (Å²) in [7, 11) is 0. The molecule has 2 fully saturated rings. The van der Waals surface area contributed by atoms with Gasteiger partial charge in [-0.25, -0.2) is 4.39 Å². The minimum atomic E-state index is -1.53. The number of likely N-dealkylation sites (tertiary alicyclic amines) is 1. The maximum atomic E-state index is 13.3. The van der Waals surface area contributed by atoms with Gasteiger partial charge in [-0.15, -0.1) is 0 Å². The van der Waals surface area contributed by atoms with Crippen LogP contribution < -0.4 is 4.74 Å². The van der Waals surface area contributed by atoms with Crippen LogP contribution >= 0.6 is 0 Å². The van der Waals surface area contributed by atoms with Crippen LogP contribution in [0.4, 0.5) is 4.39 Å². The number of hydrogen-bond donors (Lipinski definition) is 1. The van der Waals surface area contributed by atoms with Crippen molar-refractivity contribution in [2.45, 2.75) is 50.8 Å². The number of benzene rings is 2. The van der Waals surface area contributed by atoms with Gasteiger partial charge in [0.05, 0.1) is 11.0 Å². The van der Waals surface area contributed by atoms with Crippen LogP contribution in [0.1, 0.15) is 49.3 Å². The Balaban J connectivity index is 1.26. The van der Waals surface area contributed by atoms with Crippen LogP contribution in [0.25, 0.3) is 22.8 Å². The van der Waals surface area contributed by atoms with Crippen molar-refractivity contribution in [3.8, 4) is 34.7 Å². The van der Waals surface area contributed by atoms with Gasteiger partial charge >= 0.3 is 5.97 Å². The Morgan fingerprint density at radius 2 is 2.14 bits per heavy atom. The maximum Gasteiger partial charge on any atom is 0.310 e. The predicted molar refractivity (Wildman–Crippen MR) is 131 cm³/mol. The number of alkyl halides is 1. The fourth-order valence-corrected chi connectivity index (χ4v) is 6.08. The first-order chi connectivity index (χ1) is 17.8. The monoisotopic (exact) mass is 502 g/mol. The molecule has 3 aliphatic rings. The fraction of sp³-hybridized carbons (Fsp3) is 0.429. The summed E-state index contributed by atoms with van der Waals surface area (Å²) in [6, 6.07) is 13.0. The number of carboxylic acids is 1. The minimum absolute atomic E-state index is 0.0254. The lowest BCUT2D eigenvalue weighted by Crippen LogP contribution is -2.35. The molecule has 6 rings (SSSR count). The number of nitrogens with zero attached hydrogens (tertiary/aromatic N) is 4. The van der Waals surface area contributed by atoms with E-state index in [4.69, 9.17) is 9.26 Å². The molecular formula is C28H27FN4O4. The van der Waals surface area contributed by atoms with E-state index >= 15 is 0 Å². The molecule has 1 saturated carbocycles. The molecule has 190 valence electrons. The van der Waals surface area contributed by atoms with Crippen LogP contribution in [0.2, 0.25) is 0 Å². The van der Waals surface area contributed by atoms with Crippen LogP contribution in [0.5, 0.6) is 5.75 Å². The third kappa shape index (κ3) is 4.05. The highest BCUT2D eigenvalue weighted by molar-refractivity contribution is 5.78. The van der Waals surface area contributed by atoms with E-state index in [0.29, 0.717) is 17.9 Å². The van der Waals surface area contributed by atoms with Gasteiger partial charge in [-0.3, -0.25) is 4.79 Å². The van der Waals surface area contributed by atoms with Gasteiger partial charge in [0.2, 0.25) is 12.2 Å². The van der Waals surface area contributed by atoms with Gasteiger partial charge in [0.25, 0.3) is 5.89 Å². The first-order valence-corrected chi connectivity index (χ1v) is 12.6. The van der Waals surface area contributed by atoms with Crippen LogP contribution in [0.15, 0.2) is 40.9 Å². The molecule has 2 aromatic carbocycles. The second-order valence-corrected chi connectivity index (χ2v) is 10.6. The van der Waals surface area contributed by atoms with Crippen LogP contribution in [0, 0.1) is 16.7 Å². The SMILES string of the molecule is CC(F)Oc1ccc(-c2nc(-c3cccc4c3CCC43CCN(CC4(C(=O)O)CC4)C3)no2)cc1C#N. The number of hydrogen-bond acceptors (Lipinski definition) is 7. The Labute approximate surface area is 213 Å². The molecule has 2 atom stereocenters. The molecule has 1 saturated heterocycles. The summed E-state index contributed by atoms with van der Waals surface area (Å²) in [6.45, 7) is 3.67. The lowest BCUT2D eigenvalue weighted by atomic mass is 9.81. The highest BCUT2D eigenvalue weighted by Crippen LogP contribution is 2.51. The molecule has 0 amide bonds. The van der Waals surface area contributed by atoms with E-state index in [0.717, 1.165) is 50.8 Å². The zero-order valence-electron chi connectivity index (χ0n) is 20.5. The summed E-state index contributed by atoms with van der Waals surface area (Å²) in [6.07, 6.45) is 2.94. The molecule has 1 N–H and O–H groups in total. The number of rotatable bonds is 7. The van der Waals surface area contributed by atoms with Crippen LogP contribution in [0.3, 0.4) is 0 Å². The zero-order chi connectivity index (χ0) is 25.8. The number of fused-ring (bicyclic) bond motifs is 2. The third-order valence-electron chi connectivity index (χ3n) is 8.17. The number of aliphatic carboxylic acids is 1. The average Bonchev–Trinajstić information content (AvgIpc) is 3.21. The second kappa shape index (κ2) is 8.67. The van der Waals surface area contributed by atoms with Gasteiger partial charge in [0, 0.05) is 36.6 Å². The number of ether oxygens (including phenoxy) is 1. The molecule has 3 aromatic rings. The normalized spacial score (nSPS) is 22.5. The van der Waals surface area contributed by atoms with E-state index < -0.39 is 17.7 Å². The van der Waals surface area contributed by atoms with Gasteiger partial charge in [-0.05, 0) is 68.0 Å². The number of carbonyl (C=O) groups is 1. The van der Waals surface area contributed by atoms with E-state index in [9.17, 15) is 19.6 Å². The summed E-state index contributed by atoms with van der Waals surface area (Å²) in [5, 5.41) is 23.3. The van der Waals surface area contributed by atoms with E-state index in [1.165, 1.54) is 24.1 Å². The van der Waals surface area contributed by atoms with Gasteiger partial charge in [0.15, 0.2) is 0 Å². The topological polar surface area (TPSA) is 112 Å². The van der Waals surface area contributed by atoms with Gasteiger partial charge in [-0.1, -0.05) is 23.4 Å². The number of aromatic nitrogens is 2. The first-order valence-electron chi connectivity index (χ1n) is 12.6. The van der Waals surface area contributed by atoms with Gasteiger partial charge < -0.3 is 19.3 Å². The Kier molecular flexibility index (Phi) is 5.53. The molecule has 2 unspecified atom stereocenters. The largest absolute Gasteiger partial charge is 0.481 e. The Bertz CT molecular complexity index is 1420. The molecule has 37 heavy (non-hydrogen) atoms. The summed E-state index contributed by atoms with van der Waals surface area (Å²) < 4.78 is 23.9. The quantitative estimate of drug-likeness (QED) is 0.494. The van der Waals surface area contributed by atoms with Crippen molar-refractivity contribution in [1.29, 1.82) is 5.26 Å². The third-order valence-corrected chi connectivity index (χ3v) is 8.17. The molecular weight excluding hydrogens is 475 g/mol. The molecule has 1 aromatic heterocycles. The minimum Gasteiger partial charge on any atom is -0.481 e. The smallest absolute Gasteiger partial charge is 0.310 e. The maximum absolute atomic E-state index is 13.3. The highest BCUT2D eigenvalue weighted by Gasteiger charge is 2.53. The standard InChI is InChI=1S/C28H27FN4O4/c1-17(29)36-23-6-5-18(13-19(23)14-30)25-31-24(32-37-25)21-3-2-4-22-20(21)7-8-27(22)11-12-33(15-27)16-28(9-10-28)26(34)35/h2-6,13,17H,7-12,15-16H2,1H3,(H,34,35). The van der Waals surface area contributed by atoms with Crippen molar-refractivity contribution in [3.63, 3.8) is 0 Å². The fourth-order valence-electron chi connectivity index (χ4n) is 6.08. The second-order valence-electron chi connectivity index (χ2n) is 10.6. The lowest BCUT2D eigenvalue weighted by Gasteiger charge is -2.27. The molecule has 8 nitrogen and oxygen atoms in total. The summed E-state index contributed by atoms with van der Waals surface area (Å²) in [5.41, 5.74) is 3.66. The Hall–Kier alpha value is -3.77. The molecule has 2 aliphatic carbocycles. The van der Waals surface area contributed by atoms with E-state index in [1.54, 1.807) is 12.1 Å². The predicted octanol–water partition coefficient (Wildman–Crippen LogP) is 4.72. The van der Waals surface area contributed by atoms with E-state index in [1.807, 2.05) is 18.2 Å². The van der Waals surface area contributed by atoms with Crippen molar-refractivity contribution < 1.29 is 23.6 Å². The lowest BCUT2D eigenvalue weighted by molar-refractivity contribution is -0.144. The van der Waals surface area contributed by atoms with Crippen molar-refractivity contribution in [2.24, 2.45) is 5.41 Å². The molecule has 1 spiro atoms. The summed E-state index contributed by atoms with van der Waals surface area (Å²) in [4.78, 5) is 18.7. The van der Waals surface area contributed by atoms with Crippen molar-refractivity contribution in [1.82, 2.24) is 15.0 Å². The summed E-state index contributed by atoms with van der Waals surface area (Å²) in [5.74, 6) is 0.245. The number of halogens is 1. The Morgan fingerprint density at radius 3 is 2.86 bits per heavy atom. The highest BCUT2D eigenvalue weighted by atomic mass is 19.1. The van der Waals surface area contributed by atoms with E-state index in [2.05, 4.69) is 21.1 Å². The zero-order valence-corrected chi connectivity index (χ0v) is 20.5. The molecule has 1 aliphatic heterocycles. The summed E-state index contributed by atoms with van der Waals surface area (Å²) >= 11 is 0. The van der Waals surface area contributed by atoms with Crippen LogP contribution in [-0.4, -0.2) is 52.1 Å². The van der Waals surface area contributed by atoms with Crippen molar-refractivity contribution in [2.75, 3.05) is 19.6 Å². The molecule has 0 radical (unpaired) electrons. The molecule has 9 heteroatoms. The van der Waals surface area contributed by atoms with Gasteiger partial charge in [-0.2, -0.15) is 10.2 Å². The Morgan fingerprint density at radius 1 is 1.30 bits per heavy atom. The average molecular weight is 503 g/mol. The van der Waals surface area contributed by atoms with Gasteiger partial charge in [0.1, 0.15) is 11.8 Å². The number of nitriles is 1. The van der Waals surface area contributed by atoms with Crippen molar-refractivity contribution >= 4 is 5.97 Å². The molecule has 2 heterocycles. The first kappa shape index (κ1) is 23.6.